The van der Waals surface area contributed by atoms with Crippen LogP contribution in [0.1, 0.15) is 32.1 Å². The molecule has 1 aromatic heterocycles. The number of rotatable bonds is 1. The average Bonchev–Trinajstić information content (AvgIpc) is 2.68. The lowest BCUT2D eigenvalue weighted by Gasteiger charge is -2.31. The minimum atomic E-state index is -0.482. The maximum absolute atomic E-state index is 10.6. The number of anilines is 1. The highest BCUT2D eigenvalue weighted by molar-refractivity contribution is 5.48. The van der Waals surface area contributed by atoms with Crippen molar-refractivity contribution in [2.24, 2.45) is 4.99 Å². The number of aromatic nitrogens is 1. The highest BCUT2D eigenvalue weighted by Gasteiger charge is 2.35. The van der Waals surface area contributed by atoms with Crippen LogP contribution in [-0.2, 0) is 0 Å². The molecular formula is C12H14N4O2. The molecule has 6 heteroatoms. The third kappa shape index (κ3) is 1.83. The Hall–Kier alpha value is -1.98. The van der Waals surface area contributed by atoms with Gasteiger partial charge in [-0.25, -0.2) is 4.98 Å². The van der Waals surface area contributed by atoms with Crippen LogP contribution in [0, 0.1) is 10.1 Å². The smallest absolute Gasteiger partial charge is 0.262 e. The van der Waals surface area contributed by atoms with E-state index < -0.39 is 4.92 Å². The van der Waals surface area contributed by atoms with Crippen molar-refractivity contribution < 1.29 is 4.92 Å². The van der Waals surface area contributed by atoms with E-state index in [9.17, 15) is 10.1 Å². The van der Waals surface area contributed by atoms with Gasteiger partial charge in [-0.1, -0.05) is 6.42 Å². The summed E-state index contributed by atoms with van der Waals surface area (Å²) in [6.07, 6.45) is 8.00. The van der Waals surface area contributed by atoms with E-state index in [1.165, 1.54) is 6.42 Å². The van der Waals surface area contributed by atoms with Crippen molar-refractivity contribution in [2.75, 3.05) is 5.32 Å². The van der Waals surface area contributed by atoms with Crippen LogP contribution >= 0.6 is 0 Å². The minimum absolute atomic E-state index is 0.247. The number of pyridine rings is 1. The summed E-state index contributed by atoms with van der Waals surface area (Å²) in [6, 6.07) is 1.83. The molecule has 1 spiro atoms. The molecule has 1 saturated carbocycles. The van der Waals surface area contributed by atoms with Gasteiger partial charge in [0.2, 0.25) is 0 Å². The van der Waals surface area contributed by atoms with E-state index >= 15 is 0 Å². The van der Waals surface area contributed by atoms with E-state index in [0.29, 0.717) is 10.7 Å². The molecule has 1 N–H and O–H groups in total. The van der Waals surface area contributed by atoms with Crippen molar-refractivity contribution in [3.8, 4) is 0 Å². The zero-order valence-electron chi connectivity index (χ0n) is 9.93. The summed E-state index contributed by atoms with van der Waals surface area (Å²) >= 11 is 0. The molecule has 0 bridgehead atoms. The summed E-state index contributed by atoms with van der Waals surface area (Å²) in [5.74, 6) is 0. The SMILES string of the molecule is O=[N+]([O-])/C=c1/nccc2c1=NC1(CCCCC1)N2. The van der Waals surface area contributed by atoms with Gasteiger partial charge < -0.3 is 5.32 Å². The molecule has 1 aromatic rings. The van der Waals surface area contributed by atoms with Crippen LogP contribution in [0.2, 0.25) is 0 Å². The fourth-order valence-corrected chi connectivity index (χ4v) is 2.75. The van der Waals surface area contributed by atoms with Gasteiger partial charge in [0.25, 0.3) is 6.20 Å². The second-order valence-electron chi connectivity index (χ2n) is 4.84. The molecule has 0 radical (unpaired) electrons. The van der Waals surface area contributed by atoms with Crippen LogP contribution in [0.5, 0.6) is 0 Å². The lowest BCUT2D eigenvalue weighted by atomic mass is 9.90. The summed E-state index contributed by atoms with van der Waals surface area (Å²) in [5, 5.41) is 15.0. The Morgan fingerprint density at radius 1 is 1.39 bits per heavy atom. The molecule has 0 amide bonds. The molecule has 0 aromatic carbocycles. The Labute approximate surface area is 104 Å². The predicted molar refractivity (Wildman–Crippen MR) is 65.9 cm³/mol. The van der Waals surface area contributed by atoms with Gasteiger partial charge in [0.05, 0.1) is 10.6 Å². The Bertz CT molecular complexity index is 605. The van der Waals surface area contributed by atoms with Crippen LogP contribution in [0.4, 0.5) is 5.69 Å². The van der Waals surface area contributed by atoms with Crippen molar-refractivity contribution in [1.82, 2.24) is 4.98 Å². The third-order valence-electron chi connectivity index (χ3n) is 3.55. The molecule has 18 heavy (non-hydrogen) atoms. The van der Waals surface area contributed by atoms with E-state index in [2.05, 4.69) is 15.3 Å². The Morgan fingerprint density at radius 3 is 2.89 bits per heavy atom. The molecule has 94 valence electrons. The third-order valence-corrected chi connectivity index (χ3v) is 3.55. The first-order valence-corrected chi connectivity index (χ1v) is 6.17. The minimum Gasteiger partial charge on any atom is -0.359 e. The van der Waals surface area contributed by atoms with Gasteiger partial charge >= 0.3 is 0 Å². The van der Waals surface area contributed by atoms with Crippen molar-refractivity contribution in [2.45, 2.75) is 37.8 Å². The molecular weight excluding hydrogens is 232 g/mol. The van der Waals surface area contributed by atoms with Gasteiger partial charge in [-0.3, -0.25) is 15.1 Å². The van der Waals surface area contributed by atoms with Crippen molar-refractivity contribution >= 4 is 11.9 Å². The molecule has 1 aliphatic carbocycles. The first-order valence-electron chi connectivity index (χ1n) is 6.17. The molecule has 2 heterocycles. The highest BCUT2D eigenvalue weighted by atomic mass is 16.6. The molecule has 0 atom stereocenters. The summed E-state index contributed by atoms with van der Waals surface area (Å²) in [5.41, 5.74) is 0.614. The molecule has 1 fully saturated rings. The van der Waals surface area contributed by atoms with E-state index in [1.807, 2.05) is 6.07 Å². The van der Waals surface area contributed by atoms with Gasteiger partial charge in [0.1, 0.15) is 11.0 Å². The fraction of sp³-hybridized carbons (Fsp3) is 0.500. The van der Waals surface area contributed by atoms with Gasteiger partial charge in [-0.2, -0.15) is 0 Å². The van der Waals surface area contributed by atoms with Crippen LogP contribution in [0.25, 0.3) is 6.20 Å². The molecule has 2 aliphatic rings. The van der Waals surface area contributed by atoms with Crippen LogP contribution < -0.4 is 16.0 Å². The first kappa shape index (κ1) is 11.1. The molecule has 6 nitrogen and oxygen atoms in total. The highest BCUT2D eigenvalue weighted by Crippen LogP contribution is 2.33. The lowest BCUT2D eigenvalue weighted by molar-refractivity contribution is -0.363. The maximum Gasteiger partial charge on any atom is 0.262 e. The zero-order valence-corrected chi connectivity index (χ0v) is 9.93. The Morgan fingerprint density at radius 2 is 2.17 bits per heavy atom. The van der Waals surface area contributed by atoms with Crippen molar-refractivity contribution in [1.29, 1.82) is 0 Å². The topological polar surface area (TPSA) is 80.4 Å². The fourth-order valence-electron chi connectivity index (χ4n) is 2.75. The van der Waals surface area contributed by atoms with Gasteiger partial charge in [-0.15, -0.1) is 0 Å². The van der Waals surface area contributed by atoms with E-state index in [0.717, 1.165) is 37.6 Å². The maximum atomic E-state index is 10.6. The van der Waals surface area contributed by atoms with E-state index in [1.54, 1.807) is 6.20 Å². The van der Waals surface area contributed by atoms with Crippen LogP contribution in [-0.4, -0.2) is 15.6 Å². The number of hydrogen-bond acceptors (Lipinski definition) is 5. The standard InChI is InChI=1S/C12H14N4O2/c17-16(18)8-10-11-9(4-7-13-10)14-12(15-11)5-2-1-3-6-12/h4,7-8,14H,1-3,5-6H2/b10-8+. The Balaban J connectivity index is 2.12. The predicted octanol–water partition coefficient (Wildman–Crippen LogP) is 0.802. The van der Waals surface area contributed by atoms with Gasteiger partial charge in [-0.05, 0) is 31.7 Å². The van der Waals surface area contributed by atoms with Crippen molar-refractivity contribution in [3.63, 3.8) is 0 Å². The number of fused-ring (bicyclic) bond motifs is 1. The Kier molecular flexibility index (Phi) is 2.50. The molecule has 0 saturated heterocycles. The lowest BCUT2D eigenvalue weighted by Crippen LogP contribution is -2.35. The van der Waals surface area contributed by atoms with Gasteiger partial charge in [0, 0.05) is 6.20 Å². The summed E-state index contributed by atoms with van der Waals surface area (Å²) in [7, 11) is 0. The molecule has 3 rings (SSSR count). The number of nitro groups is 1. The van der Waals surface area contributed by atoms with E-state index in [-0.39, 0.29) is 5.66 Å². The van der Waals surface area contributed by atoms with Gasteiger partial charge in [0.15, 0.2) is 5.35 Å². The first-order chi connectivity index (χ1) is 8.69. The van der Waals surface area contributed by atoms with E-state index in [4.69, 9.17) is 0 Å². The number of hydrogen-bond donors (Lipinski definition) is 1. The monoisotopic (exact) mass is 246 g/mol. The second kappa shape index (κ2) is 4.04. The summed E-state index contributed by atoms with van der Waals surface area (Å²) < 4.78 is 0. The second-order valence-corrected chi connectivity index (χ2v) is 4.84. The summed E-state index contributed by atoms with van der Waals surface area (Å²) in [4.78, 5) is 18.8. The van der Waals surface area contributed by atoms with Crippen LogP contribution in [0.15, 0.2) is 17.3 Å². The van der Waals surface area contributed by atoms with Crippen molar-refractivity contribution in [3.05, 3.63) is 33.1 Å². The zero-order chi connectivity index (χ0) is 12.6. The van der Waals surface area contributed by atoms with Crippen LogP contribution in [0.3, 0.4) is 0 Å². The molecule has 1 aliphatic heterocycles. The average molecular weight is 246 g/mol. The number of nitrogens with zero attached hydrogens (tertiary/aromatic N) is 3. The molecule has 0 unspecified atom stereocenters. The normalized spacial score (nSPS) is 21.2. The number of nitrogens with one attached hydrogen (secondary N) is 1. The largest absolute Gasteiger partial charge is 0.359 e. The summed E-state index contributed by atoms with van der Waals surface area (Å²) in [6.45, 7) is 0. The quantitative estimate of drug-likeness (QED) is 0.587.